The monoisotopic (exact) mass is 479 g/mol. The fraction of sp³-hybridized carbons (Fsp3) is 0.269. The van der Waals surface area contributed by atoms with Crippen LogP contribution in [-0.4, -0.2) is 52.5 Å². The molecule has 1 heterocycles. The summed E-state index contributed by atoms with van der Waals surface area (Å²) in [6, 6.07) is 19.0. The minimum absolute atomic E-state index is 0.134. The van der Waals surface area contributed by atoms with Crippen LogP contribution in [-0.2, 0) is 10.1 Å². The maximum Gasteiger partial charge on any atom is 0.339 e. The summed E-state index contributed by atoms with van der Waals surface area (Å²) in [6.07, 6.45) is 0. The first-order valence-electron chi connectivity index (χ1n) is 11.2. The van der Waals surface area contributed by atoms with E-state index in [0.717, 1.165) is 37.4 Å². The molecule has 8 heteroatoms. The van der Waals surface area contributed by atoms with Gasteiger partial charge in [0, 0.05) is 43.1 Å². The number of anilines is 2. The van der Waals surface area contributed by atoms with Gasteiger partial charge in [-0.1, -0.05) is 12.1 Å². The van der Waals surface area contributed by atoms with Gasteiger partial charge in [0.25, 0.3) is 5.91 Å². The quantitative estimate of drug-likeness (QED) is 0.537. The molecule has 1 aliphatic heterocycles. The number of aryl methyl sites for hydroxylation is 2. The van der Waals surface area contributed by atoms with E-state index >= 15 is 0 Å². The molecule has 0 bridgehead atoms. The van der Waals surface area contributed by atoms with E-state index in [4.69, 9.17) is 4.18 Å². The maximum atomic E-state index is 12.7. The predicted molar refractivity (Wildman–Crippen MR) is 134 cm³/mol. The Kier molecular flexibility index (Phi) is 6.90. The van der Waals surface area contributed by atoms with E-state index in [9.17, 15) is 13.2 Å². The van der Waals surface area contributed by atoms with E-state index in [-0.39, 0.29) is 16.6 Å². The van der Waals surface area contributed by atoms with Crippen molar-refractivity contribution in [2.45, 2.75) is 18.7 Å². The summed E-state index contributed by atoms with van der Waals surface area (Å²) in [5.74, 6) is -0.134. The Morgan fingerprint density at radius 2 is 1.53 bits per heavy atom. The highest BCUT2D eigenvalue weighted by molar-refractivity contribution is 7.87. The molecule has 0 spiro atoms. The SMILES string of the molecule is Cc1ccc(C)c(S(=O)(=O)Oc2ccc(C(=O)Nc3ccc(N4CCN(C)CC4)cc3)cc2)c1. The third-order valence-corrected chi connectivity index (χ3v) is 7.32. The third kappa shape index (κ3) is 5.58. The van der Waals surface area contributed by atoms with Crippen LogP contribution < -0.4 is 14.4 Å². The Hall–Kier alpha value is -3.36. The van der Waals surface area contributed by atoms with Crippen molar-refractivity contribution >= 4 is 27.4 Å². The van der Waals surface area contributed by atoms with Gasteiger partial charge < -0.3 is 19.3 Å². The zero-order valence-corrected chi connectivity index (χ0v) is 20.4. The standard InChI is InChI=1S/C26H29N3O4S/c1-19-4-5-20(2)25(18-19)34(31,32)33-24-12-6-21(7-13-24)26(30)27-22-8-10-23(11-9-22)29-16-14-28(3)15-17-29/h4-13,18H,14-17H2,1-3H3,(H,27,30). The summed E-state index contributed by atoms with van der Waals surface area (Å²) in [5, 5.41) is 2.88. The molecule has 7 nitrogen and oxygen atoms in total. The van der Waals surface area contributed by atoms with E-state index in [0.29, 0.717) is 16.8 Å². The summed E-state index contributed by atoms with van der Waals surface area (Å²) in [7, 11) is -1.85. The van der Waals surface area contributed by atoms with Gasteiger partial charge in [-0.15, -0.1) is 0 Å². The van der Waals surface area contributed by atoms with E-state index < -0.39 is 10.1 Å². The average Bonchev–Trinajstić information content (AvgIpc) is 2.82. The predicted octanol–water partition coefficient (Wildman–Crippen LogP) is 4.08. The molecule has 1 saturated heterocycles. The Labute approximate surface area is 201 Å². The highest BCUT2D eigenvalue weighted by Crippen LogP contribution is 2.24. The lowest BCUT2D eigenvalue weighted by Gasteiger charge is -2.34. The van der Waals surface area contributed by atoms with Crippen molar-refractivity contribution in [3.8, 4) is 5.75 Å². The van der Waals surface area contributed by atoms with Crippen LogP contribution in [0.5, 0.6) is 5.75 Å². The smallest absolute Gasteiger partial charge is 0.339 e. The lowest BCUT2D eigenvalue weighted by Crippen LogP contribution is -2.44. The van der Waals surface area contributed by atoms with E-state index in [2.05, 4.69) is 22.2 Å². The summed E-state index contributed by atoms with van der Waals surface area (Å²) >= 11 is 0. The maximum absolute atomic E-state index is 12.7. The van der Waals surface area contributed by atoms with Crippen molar-refractivity contribution < 1.29 is 17.4 Å². The lowest BCUT2D eigenvalue weighted by atomic mass is 10.2. The van der Waals surface area contributed by atoms with Gasteiger partial charge in [-0.25, -0.2) is 0 Å². The number of hydrogen-bond acceptors (Lipinski definition) is 6. The van der Waals surface area contributed by atoms with Crippen molar-refractivity contribution in [2.24, 2.45) is 0 Å². The zero-order valence-electron chi connectivity index (χ0n) is 19.6. The van der Waals surface area contributed by atoms with Gasteiger partial charge in [0.2, 0.25) is 0 Å². The minimum Gasteiger partial charge on any atom is -0.379 e. The molecule has 1 amide bonds. The molecule has 0 radical (unpaired) electrons. The second kappa shape index (κ2) is 9.87. The molecule has 178 valence electrons. The molecule has 1 aliphatic rings. The first kappa shape index (κ1) is 23.8. The number of piperazine rings is 1. The molecule has 3 aromatic rings. The molecule has 0 aromatic heterocycles. The number of nitrogens with zero attached hydrogens (tertiary/aromatic N) is 2. The van der Waals surface area contributed by atoms with Crippen LogP contribution in [0.1, 0.15) is 21.5 Å². The molecule has 3 aromatic carbocycles. The number of amides is 1. The number of carbonyl (C=O) groups is 1. The van der Waals surface area contributed by atoms with E-state index in [1.165, 1.54) is 12.1 Å². The van der Waals surface area contributed by atoms with Crippen LogP contribution in [0, 0.1) is 13.8 Å². The Bertz CT molecular complexity index is 1260. The zero-order chi connectivity index (χ0) is 24.3. The summed E-state index contributed by atoms with van der Waals surface area (Å²) < 4.78 is 30.7. The Balaban J connectivity index is 1.39. The van der Waals surface area contributed by atoms with Gasteiger partial charge in [-0.05, 0) is 86.6 Å². The number of benzene rings is 3. The first-order chi connectivity index (χ1) is 16.2. The van der Waals surface area contributed by atoms with Gasteiger partial charge in [0.1, 0.15) is 10.6 Å². The summed E-state index contributed by atoms with van der Waals surface area (Å²) in [4.78, 5) is 17.4. The van der Waals surface area contributed by atoms with Gasteiger partial charge in [-0.3, -0.25) is 4.79 Å². The van der Waals surface area contributed by atoms with Crippen molar-refractivity contribution in [1.82, 2.24) is 4.90 Å². The Morgan fingerprint density at radius 1 is 0.882 bits per heavy atom. The van der Waals surface area contributed by atoms with Crippen LogP contribution >= 0.6 is 0 Å². The fourth-order valence-electron chi connectivity index (χ4n) is 3.83. The average molecular weight is 480 g/mol. The molecule has 34 heavy (non-hydrogen) atoms. The summed E-state index contributed by atoms with van der Waals surface area (Å²) in [5.41, 5.74) is 3.68. The van der Waals surface area contributed by atoms with Crippen molar-refractivity contribution in [3.05, 3.63) is 83.4 Å². The van der Waals surface area contributed by atoms with Crippen LogP contribution in [0.2, 0.25) is 0 Å². The molecule has 4 rings (SSSR count). The second-order valence-corrected chi connectivity index (χ2v) is 10.1. The van der Waals surface area contributed by atoms with Crippen molar-refractivity contribution in [3.63, 3.8) is 0 Å². The van der Waals surface area contributed by atoms with Crippen LogP contribution in [0.3, 0.4) is 0 Å². The largest absolute Gasteiger partial charge is 0.379 e. The minimum atomic E-state index is -3.97. The normalized spacial score (nSPS) is 14.6. The molecule has 1 fully saturated rings. The second-order valence-electron chi connectivity index (χ2n) is 8.62. The summed E-state index contributed by atoms with van der Waals surface area (Å²) in [6.45, 7) is 7.58. The van der Waals surface area contributed by atoms with E-state index in [1.54, 1.807) is 31.2 Å². The topological polar surface area (TPSA) is 78.9 Å². The Morgan fingerprint density at radius 3 is 2.18 bits per heavy atom. The highest BCUT2D eigenvalue weighted by atomic mass is 32.2. The lowest BCUT2D eigenvalue weighted by molar-refractivity contribution is 0.102. The number of nitrogens with one attached hydrogen (secondary N) is 1. The third-order valence-electron chi connectivity index (χ3n) is 5.93. The van der Waals surface area contributed by atoms with Crippen LogP contribution in [0.15, 0.2) is 71.6 Å². The molecule has 0 saturated carbocycles. The van der Waals surface area contributed by atoms with Gasteiger partial charge >= 0.3 is 10.1 Å². The van der Waals surface area contributed by atoms with Gasteiger partial charge in [0.05, 0.1) is 0 Å². The van der Waals surface area contributed by atoms with Crippen LogP contribution in [0.25, 0.3) is 0 Å². The van der Waals surface area contributed by atoms with Crippen LogP contribution in [0.4, 0.5) is 11.4 Å². The molecular weight excluding hydrogens is 450 g/mol. The van der Waals surface area contributed by atoms with E-state index in [1.807, 2.05) is 37.3 Å². The van der Waals surface area contributed by atoms with Gasteiger partial charge in [0.15, 0.2) is 0 Å². The fourth-order valence-corrected chi connectivity index (χ4v) is 5.08. The molecular formula is C26H29N3O4S. The number of carbonyl (C=O) groups excluding carboxylic acids is 1. The van der Waals surface area contributed by atoms with Crippen molar-refractivity contribution in [1.29, 1.82) is 0 Å². The molecule has 0 unspecified atom stereocenters. The van der Waals surface area contributed by atoms with Crippen molar-refractivity contribution in [2.75, 3.05) is 43.4 Å². The molecule has 0 atom stereocenters. The molecule has 0 aliphatic carbocycles. The van der Waals surface area contributed by atoms with Gasteiger partial charge in [-0.2, -0.15) is 8.42 Å². The highest BCUT2D eigenvalue weighted by Gasteiger charge is 2.20. The number of hydrogen-bond donors (Lipinski definition) is 1. The molecule has 1 N–H and O–H groups in total. The number of rotatable bonds is 6. The number of likely N-dealkylation sites (N-methyl/N-ethyl adjacent to an activating group) is 1. The first-order valence-corrected chi connectivity index (χ1v) is 12.6.